The van der Waals surface area contributed by atoms with Gasteiger partial charge >= 0.3 is 0 Å². The van der Waals surface area contributed by atoms with Crippen LogP contribution in [0.25, 0.3) is 0 Å². The molecular formula is C8H9BrOS. The minimum absolute atomic E-state index is 0.806. The van der Waals surface area contributed by atoms with Gasteiger partial charge in [0.05, 0.1) is 12.0 Å². The number of hydrogen-bond acceptors (Lipinski definition) is 2. The average molecular weight is 233 g/mol. The molecule has 0 aliphatic carbocycles. The smallest absolute Gasteiger partial charge is 0.133 e. The van der Waals surface area contributed by atoms with Crippen LogP contribution in [0.5, 0.6) is 5.75 Å². The molecule has 0 unspecified atom stereocenters. The molecule has 0 bridgehead atoms. The molecule has 1 rings (SSSR count). The van der Waals surface area contributed by atoms with E-state index in [2.05, 4.69) is 28.6 Å². The molecule has 0 N–H and O–H groups in total. The molecule has 0 aliphatic rings. The van der Waals surface area contributed by atoms with Crippen LogP contribution in [0.2, 0.25) is 0 Å². The lowest BCUT2D eigenvalue weighted by Gasteiger charge is -2.06. The van der Waals surface area contributed by atoms with E-state index in [0.717, 1.165) is 20.7 Å². The third-order valence-electron chi connectivity index (χ3n) is 1.39. The highest BCUT2D eigenvalue weighted by Gasteiger charge is 2.03. The third kappa shape index (κ3) is 1.91. The number of hydrogen-bond donors (Lipinski definition) is 1. The standard InChI is InChI=1S/C8H9BrOS/c1-5-3-6(9)8(11)7(4-5)10-2/h3-4,11H,1-2H3. The summed E-state index contributed by atoms with van der Waals surface area (Å²) in [5.74, 6) is 0.806. The van der Waals surface area contributed by atoms with E-state index >= 15 is 0 Å². The quantitative estimate of drug-likeness (QED) is 0.733. The zero-order valence-corrected chi connectivity index (χ0v) is 8.87. The van der Waals surface area contributed by atoms with E-state index in [4.69, 9.17) is 4.74 Å². The zero-order valence-electron chi connectivity index (χ0n) is 6.39. The van der Waals surface area contributed by atoms with Gasteiger partial charge in [0.15, 0.2) is 0 Å². The normalized spacial score (nSPS) is 9.82. The summed E-state index contributed by atoms with van der Waals surface area (Å²) in [6.07, 6.45) is 0. The lowest BCUT2D eigenvalue weighted by atomic mass is 10.2. The molecule has 0 aliphatic heterocycles. The van der Waals surface area contributed by atoms with Crippen molar-refractivity contribution in [2.24, 2.45) is 0 Å². The van der Waals surface area contributed by atoms with Gasteiger partial charge in [0.25, 0.3) is 0 Å². The summed E-state index contributed by atoms with van der Waals surface area (Å²) in [7, 11) is 1.64. The molecule has 1 aromatic carbocycles. The van der Waals surface area contributed by atoms with Crippen LogP contribution < -0.4 is 4.74 Å². The second-order valence-electron chi connectivity index (χ2n) is 2.30. The molecule has 0 spiro atoms. The Hall–Kier alpha value is -0.150. The summed E-state index contributed by atoms with van der Waals surface area (Å²) in [6, 6.07) is 3.96. The number of ether oxygens (including phenoxy) is 1. The predicted molar refractivity (Wildman–Crippen MR) is 52.7 cm³/mol. The second-order valence-corrected chi connectivity index (χ2v) is 3.60. The minimum atomic E-state index is 0.806. The number of rotatable bonds is 1. The summed E-state index contributed by atoms with van der Waals surface area (Å²) in [6.45, 7) is 2.01. The fourth-order valence-electron chi connectivity index (χ4n) is 0.858. The van der Waals surface area contributed by atoms with E-state index < -0.39 is 0 Å². The Labute approximate surface area is 80.3 Å². The van der Waals surface area contributed by atoms with Crippen molar-refractivity contribution in [2.75, 3.05) is 7.11 Å². The first-order valence-corrected chi connectivity index (χ1v) is 4.42. The molecule has 3 heteroatoms. The Morgan fingerprint density at radius 1 is 1.45 bits per heavy atom. The molecular weight excluding hydrogens is 224 g/mol. The molecule has 0 heterocycles. The highest BCUT2D eigenvalue weighted by atomic mass is 79.9. The molecule has 0 saturated carbocycles. The number of benzene rings is 1. The van der Waals surface area contributed by atoms with Gasteiger partial charge in [-0.3, -0.25) is 0 Å². The topological polar surface area (TPSA) is 9.23 Å². The Kier molecular flexibility index (Phi) is 2.84. The van der Waals surface area contributed by atoms with Crippen LogP contribution in [0.3, 0.4) is 0 Å². The zero-order chi connectivity index (χ0) is 8.43. The van der Waals surface area contributed by atoms with Crippen molar-refractivity contribution in [1.29, 1.82) is 0 Å². The van der Waals surface area contributed by atoms with E-state index in [1.54, 1.807) is 7.11 Å². The molecule has 0 amide bonds. The lowest BCUT2D eigenvalue weighted by molar-refractivity contribution is 0.404. The van der Waals surface area contributed by atoms with Crippen LogP contribution in [-0.4, -0.2) is 7.11 Å². The van der Waals surface area contributed by atoms with E-state index in [9.17, 15) is 0 Å². The van der Waals surface area contributed by atoms with Crippen LogP contribution in [-0.2, 0) is 0 Å². The van der Waals surface area contributed by atoms with Crippen molar-refractivity contribution in [3.63, 3.8) is 0 Å². The van der Waals surface area contributed by atoms with Gasteiger partial charge in [-0.15, -0.1) is 12.6 Å². The molecule has 11 heavy (non-hydrogen) atoms. The second kappa shape index (κ2) is 3.50. The number of halogens is 1. The predicted octanol–water partition coefficient (Wildman–Crippen LogP) is 3.05. The lowest BCUT2D eigenvalue weighted by Crippen LogP contribution is -1.86. The first-order valence-electron chi connectivity index (χ1n) is 3.18. The van der Waals surface area contributed by atoms with Crippen LogP contribution in [0.15, 0.2) is 21.5 Å². The van der Waals surface area contributed by atoms with Crippen molar-refractivity contribution < 1.29 is 4.74 Å². The highest BCUT2D eigenvalue weighted by molar-refractivity contribution is 9.10. The Bertz CT molecular complexity index is 273. The van der Waals surface area contributed by atoms with E-state index in [-0.39, 0.29) is 0 Å². The van der Waals surface area contributed by atoms with Gasteiger partial charge in [-0.2, -0.15) is 0 Å². The van der Waals surface area contributed by atoms with E-state index in [1.165, 1.54) is 0 Å². The Morgan fingerprint density at radius 3 is 2.64 bits per heavy atom. The molecule has 0 saturated heterocycles. The Morgan fingerprint density at radius 2 is 2.09 bits per heavy atom. The third-order valence-corrected chi connectivity index (χ3v) is 2.79. The highest BCUT2D eigenvalue weighted by Crippen LogP contribution is 2.31. The first-order chi connectivity index (χ1) is 5.15. The summed E-state index contributed by atoms with van der Waals surface area (Å²) in [5, 5.41) is 0. The molecule has 0 radical (unpaired) electrons. The monoisotopic (exact) mass is 232 g/mol. The van der Waals surface area contributed by atoms with Gasteiger partial charge in [0.1, 0.15) is 5.75 Å². The van der Waals surface area contributed by atoms with Crippen molar-refractivity contribution in [1.82, 2.24) is 0 Å². The van der Waals surface area contributed by atoms with E-state index in [0.29, 0.717) is 0 Å². The van der Waals surface area contributed by atoms with Crippen molar-refractivity contribution in [3.05, 3.63) is 22.2 Å². The first kappa shape index (κ1) is 8.94. The largest absolute Gasteiger partial charge is 0.496 e. The molecule has 1 nitrogen and oxygen atoms in total. The van der Waals surface area contributed by atoms with E-state index in [1.807, 2.05) is 19.1 Å². The fraction of sp³-hybridized carbons (Fsp3) is 0.250. The fourth-order valence-corrected chi connectivity index (χ4v) is 1.64. The van der Waals surface area contributed by atoms with Crippen molar-refractivity contribution >= 4 is 28.6 Å². The molecule has 0 atom stereocenters. The van der Waals surface area contributed by atoms with Crippen LogP contribution >= 0.6 is 28.6 Å². The molecule has 1 aromatic rings. The van der Waals surface area contributed by atoms with Crippen LogP contribution in [0, 0.1) is 6.92 Å². The maximum absolute atomic E-state index is 5.10. The van der Waals surface area contributed by atoms with Gasteiger partial charge in [-0.05, 0) is 40.5 Å². The van der Waals surface area contributed by atoms with Crippen LogP contribution in [0.4, 0.5) is 0 Å². The van der Waals surface area contributed by atoms with Gasteiger partial charge in [-0.25, -0.2) is 0 Å². The molecule has 0 fully saturated rings. The maximum atomic E-state index is 5.10. The molecule has 60 valence electrons. The molecule has 0 aromatic heterocycles. The SMILES string of the molecule is COc1cc(C)cc(Br)c1S. The average Bonchev–Trinajstić information content (AvgIpc) is 1.96. The number of thiol groups is 1. The minimum Gasteiger partial charge on any atom is -0.496 e. The van der Waals surface area contributed by atoms with Gasteiger partial charge in [0.2, 0.25) is 0 Å². The number of aryl methyl sites for hydroxylation is 1. The van der Waals surface area contributed by atoms with Crippen LogP contribution in [0.1, 0.15) is 5.56 Å². The summed E-state index contributed by atoms with van der Waals surface area (Å²) in [5.41, 5.74) is 1.16. The Balaban J connectivity index is 3.24. The summed E-state index contributed by atoms with van der Waals surface area (Å²) >= 11 is 7.65. The summed E-state index contributed by atoms with van der Waals surface area (Å²) in [4.78, 5) is 0.845. The van der Waals surface area contributed by atoms with Crippen molar-refractivity contribution in [3.8, 4) is 5.75 Å². The number of methoxy groups -OCH3 is 1. The van der Waals surface area contributed by atoms with Gasteiger partial charge < -0.3 is 4.74 Å². The summed E-state index contributed by atoms with van der Waals surface area (Å²) < 4.78 is 6.07. The van der Waals surface area contributed by atoms with Gasteiger partial charge in [0, 0.05) is 4.47 Å². The van der Waals surface area contributed by atoms with Gasteiger partial charge in [-0.1, -0.05) is 0 Å². The maximum Gasteiger partial charge on any atom is 0.133 e. The van der Waals surface area contributed by atoms with Crippen molar-refractivity contribution in [2.45, 2.75) is 11.8 Å².